The van der Waals surface area contributed by atoms with Crippen molar-refractivity contribution >= 4 is 5.91 Å². The van der Waals surface area contributed by atoms with Crippen LogP contribution in [-0.4, -0.2) is 24.7 Å². The second kappa shape index (κ2) is 5.96. The third-order valence-corrected chi connectivity index (χ3v) is 2.65. The summed E-state index contributed by atoms with van der Waals surface area (Å²) in [5.41, 5.74) is 0.0825. The number of nitrogens with one attached hydrogen (secondary N) is 1. The highest BCUT2D eigenvalue weighted by Gasteiger charge is 2.20. The highest BCUT2D eigenvalue weighted by molar-refractivity contribution is 5.94. The van der Waals surface area contributed by atoms with Crippen molar-refractivity contribution in [1.82, 2.24) is 5.32 Å². The van der Waals surface area contributed by atoms with Gasteiger partial charge in [0.25, 0.3) is 5.91 Å². The molecule has 0 bridgehead atoms. The number of carbonyl (C=O) groups excluding carboxylic acids is 1. The number of amides is 1. The topological polar surface area (TPSA) is 38.3 Å². The summed E-state index contributed by atoms with van der Waals surface area (Å²) in [6, 6.07) is 4.78. The highest BCUT2D eigenvalue weighted by atomic mass is 19.1. The van der Waals surface area contributed by atoms with Crippen LogP contribution in [0, 0.1) is 12.7 Å². The SMILES string of the molecule is CCOC(C)(C)CNC(=O)c1cccc(C)c1F. The van der Waals surface area contributed by atoms with E-state index in [4.69, 9.17) is 4.74 Å². The Morgan fingerprint density at radius 3 is 2.72 bits per heavy atom. The van der Waals surface area contributed by atoms with Crippen LogP contribution in [0.2, 0.25) is 0 Å². The molecule has 0 aliphatic rings. The number of ether oxygens (including phenoxy) is 1. The van der Waals surface area contributed by atoms with Crippen LogP contribution >= 0.6 is 0 Å². The van der Waals surface area contributed by atoms with Gasteiger partial charge in [-0.3, -0.25) is 4.79 Å². The zero-order valence-corrected chi connectivity index (χ0v) is 11.3. The van der Waals surface area contributed by atoms with Crippen LogP contribution in [0.4, 0.5) is 4.39 Å². The summed E-state index contributed by atoms with van der Waals surface area (Å²) < 4.78 is 19.2. The van der Waals surface area contributed by atoms with Crippen molar-refractivity contribution in [2.45, 2.75) is 33.3 Å². The summed E-state index contributed by atoms with van der Waals surface area (Å²) in [5.74, 6) is -0.881. The van der Waals surface area contributed by atoms with Gasteiger partial charge in [-0.05, 0) is 39.3 Å². The van der Waals surface area contributed by atoms with Crippen molar-refractivity contribution in [1.29, 1.82) is 0 Å². The molecule has 0 radical (unpaired) electrons. The first-order valence-corrected chi connectivity index (χ1v) is 6.04. The average Bonchev–Trinajstić information content (AvgIpc) is 2.30. The third kappa shape index (κ3) is 3.81. The maximum atomic E-state index is 13.7. The Morgan fingerprint density at radius 1 is 1.44 bits per heavy atom. The van der Waals surface area contributed by atoms with E-state index in [1.807, 2.05) is 20.8 Å². The van der Waals surface area contributed by atoms with Crippen LogP contribution in [0.3, 0.4) is 0 Å². The molecular formula is C14H20FNO2. The molecule has 0 aliphatic carbocycles. The van der Waals surface area contributed by atoms with Crippen molar-refractivity contribution < 1.29 is 13.9 Å². The van der Waals surface area contributed by atoms with Gasteiger partial charge in [-0.2, -0.15) is 0 Å². The Bertz CT molecular complexity index is 430. The number of rotatable bonds is 5. The van der Waals surface area contributed by atoms with E-state index in [2.05, 4.69) is 5.32 Å². The summed E-state index contributed by atoms with van der Waals surface area (Å²) >= 11 is 0. The minimum Gasteiger partial charge on any atom is -0.374 e. The van der Waals surface area contributed by atoms with Crippen LogP contribution in [-0.2, 0) is 4.74 Å². The molecule has 1 aromatic carbocycles. The normalized spacial score (nSPS) is 11.4. The Labute approximate surface area is 107 Å². The third-order valence-electron chi connectivity index (χ3n) is 2.65. The van der Waals surface area contributed by atoms with Crippen molar-refractivity contribution in [2.24, 2.45) is 0 Å². The number of hydrogen-bond acceptors (Lipinski definition) is 2. The van der Waals surface area contributed by atoms with Crippen LogP contribution < -0.4 is 5.32 Å². The van der Waals surface area contributed by atoms with Gasteiger partial charge >= 0.3 is 0 Å². The first kappa shape index (κ1) is 14.6. The molecule has 100 valence electrons. The predicted molar refractivity (Wildman–Crippen MR) is 69.2 cm³/mol. The zero-order valence-electron chi connectivity index (χ0n) is 11.3. The molecule has 0 saturated carbocycles. The summed E-state index contributed by atoms with van der Waals surface area (Å²) in [6.45, 7) is 8.20. The van der Waals surface area contributed by atoms with Crippen molar-refractivity contribution in [3.63, 3.8) is 0 Å². The molecule has 0 unspecified atom stereocenters. The minimum atomic E-state index is -0.468. The molecule has 1 aromatic rings. The van der Waals surface area contributed by atoms with Gasteiger partial charge in [0, 0.05) is 13.2 Å². The molecule has 18 heavy (non-hydrogen) atoms. The van der Waals surface area contributed by atoms with Gasteiger partial charge in [0.1, 0.15) is 5.82 Å². The predicted octanol–water partition coefficient (Wildman–Crippen LogP) is 2.68. The average molecular weight is 253 g/mol. The maximum Gasteiger partial charge on any atom is 0.254 e. The van der Waals surface area contributed by atoms with Gasteiger partial charge in [-0.15, -0.1) is 0 Å². The molecule has 0 saturated heterocycles. The van der Waals surface area contributed by atoms with E-state index in [0.29, 0.717) is 18.7 Å². The smallest absolute Gasteiger partial charge is 0.254 e. The van der Waals surface area contributed by atoms with Gasteiger partial charge in [0.05, 0.1) is 11.2 Å². The van der Waals surface area contributed by atoms with Crippen molar-refractivity contribution in [3.05, 3.63) is 35.1 Å². The number of benzene rings is 1. The maximum absolute atomic E-state index is 13.7. The van der Waals surface area contributed by atoms with Crippen molar-refractivity contribution in [2.75, 3.05) is 13.2 Å². The lowest BCUT2D eigenvalue weighted by Gasteiger charge is -2.24. The van der Waals surface area contributed by atoms with Gasteiger partial charge < -0.3 is 10.1 Å². The van der Waals surface area contributed by atoms with Crippen LogP contribution in [0.1, 0.15) is 36.7 Å². The Balaban J connectivity index is 2.69. The molecule has 1 amide bonds. The van der Waals surface area contributed by atoms with Crippen LogP contribution in [0.15, 0.2) is 18.2 Å². The number of aryl methyl sites for hydroxylation is 1. The van der Waals surface area contributed by atoms with E-state index in [1.54, 1.807) is 19.1 Å². The molecule has 0 spiro atoms. The molecule has 0 aromatic heterocycles. The Kier molecular flexibility index (Phi) is 4.84. The molecule has 1 rings (SSSR count). The number of halogens is 1. The summed E-state index contributed by atoms with van der Waals surface area (Å²) in [4.78, 5) is 11.9. The Morgan fingerprint density at radius 2 is 2.11 bits per heavy atom. The van der Waals surface area contributed by atoms with E-state index in [0.717, 1.165) is 0 Å². The lowest BCUT2D eigenvalue weighted by atomic mass is 10.1. The summed E-state index contributed by atoms with van der Waals surface area (Å²) in [7, 11) is 0. The van der Waals surface area contributed by atoms with Gasteiger partial charge in [0.2, 0.25) is 0 Å². The van der Waals surface area contributed by atoms with E-state index in [1.165, 1.54) is 6.07 Å². The van der Waals surface area contributed by atoms with Gasteiger partial charge in [0.15, 0.2) is 0 Å². The standard InChI is InChI=1S/C14H20FNO2/c1-5-18-14(3,4)9-16-13(17)11-8-6-7-10(2)12(11)15/h6-8H,5,9H2,1-4H3,(H,16,17). The highest BCUT2D eigenvalue weighted by Crippen LogP contribution is 2.12. The quantitative estimate of drug-likeness (QED) is 0.876. The lowest BCUT2D eigenvalue weighted by molar-refractivity contribution is -0.00818. The minimum absolute atomic E-state index is 0.0716. The molecule has 1 N–H and O–H groups in total. The second-order valence-electron chi connectivity index (χ2n) is 4.81. The first-order chi connectivity index (χ1) is 8.37. The fourth-order valence-electron chi connectivity index (χ4n) is 1.65. The summed E-state index contributed by atoms with van der Waals surface area (Å²) in [6.07, 6.45) is 0. The van der Waals surface area contributed by atoms with Crippen molar-refractivity contribution in [3.8, 4) is 0 Å². The molecule has 0 fully saturated rings. The molecule has 4 heteroatoms. The molecular weight excluding hydrogens is 233 g/mol. The van der Waals surface area contributed by atoms with E-state index in [9.17, 15) is 9.18 Å². The molecule has 0 atom stereocenters. The monoisotopic (exact) mass is 253 g/mol. The fraction of sp³-hybridized carbons (Fsp3) is 0.500. The number of hydrogen-bond donors (Lipinski definition) is 1. The Hall–Kier alpha value is -1.42. The lowest BCUT2D eigenvalue weighted by Crippen LogP contribution is -2.40. The van der Waals surface area contributed by atoms with E-state index < -0.39 is 17.3 Å². The largest absolute Gasteiger partial charge is 0.374 e. The molecule has 3 nitrogen and oxygen atoms in total. The van der Waals surface area contributed by atoms with Gasteiger partial charge in [-0.1, -0.05) is 12.1 Å². The number of carbonyl (C=O) groups is 1. The fourth-order valence-corrected chi connectivity index (χ4v) is 1.65. The molecule has 0 heterocycles. The molecule has 0 aliphatic heterocycles. The second-order valence-corrected chi connectivity index (χ2v) is 4.81. The zero-order chi connectivity index (χ0) is 13.8. The summed E-state index contributed by atoms with van der Waals surface area (Å²) in [5, 5.41) is 2.69. The van der Waals surface area contributed by atoms with E-state index in [-0.39, 0.29) is 5.56 Å². The van der Waals surface area contributed by atoms with Crippen LogP contribution in [0.5, 0.6) is 0 Å². The van der Waals surface area contributed by atoms with Crippen LogP contribution in [0.25, 0.3) is 0 Å². The van der Waals surface area contributed by atoms with Gasteiger partial charge in [-0.25, -0.2) is 4.39 Å². The first-order valence-electron chi connectivity index (χ1n) is 6.04. The van der Waals surface area contributed by atoms with E-state index >= 15 is 0 Å².